The number of aromatic nitrogens is 7. The van der Waals surface area contributed by atoms with E-state index in [0.717, 1.165) is 109 Å². The fraction of sp³-hybridized carbons (Fsp3) is 0.436. The molecule has 10 aromatic rings. The number of methoxy groups -OCH3 is 9. The third kappa shape index (κ3) is 41.7. The van der Waals surface area contributed by atoms with E-state index in [4.69, 9.17) is 86.8 Å². The average molecular weight is 2560 g/mol. The van der Waals surface area contributed by atoms with E-state index in [2.05, 4.69) is 237 Å². The third-order valence-corrected chi connectivity index (χ3v) is 31.4. The van der Waals surface area contributed by atoms with Crippen molar-refractivity contribution in [2.24, 2.45) is 0 Å². The first kappa shape index (κ1) is 139. The van der Waals surface area contributed by atoms with Crippen molar-refractivity contribution in [2.75, 3.05) is 130 Å². The monoisotopic (exact) mass is 2550 g/mol. The largest absolute Gasteiger partial charge is 1.00 e. The number of ketones is 1. The van der Waals surface area contributed by atoms with Crippen molar-refractivity contribution in [1.82, 2.24) is 34.5 Å². The second-order valence-corrected chi connectivity index (χ2v) is 65.8. The van der Waals surface area contributed by atoms with Gasteiger partial charge in [0.05, 0.1) is 93.6 Å². The molecule has 0 saturated heterocycles. The van der Waals surface area contributed by atoms with Crippen molar-refractivity contribution in [3.05, 3.63) is 189 Å². The molecule has 6 N–H and O–H groups in total. The normalized spacial score (nSPS) is 13.0. The predicted octanol–water partition coefficient (Wildman–Crippen LogP) is 16.5. The van der Waals surface area contributed by atoms with Crippen LogP contribution in [0.1, 0.15) is 67.4 Å². The number of carboxylic acid groups (broad SMARTS) is 1. The van der Waals surface area contributed by atoms with Crippen LogP contribution in [-0.4, -0.2) is 256 Å². The molecule has 0 fully saturated rings. The number of halogens is 5. The summed E-state index contributed by atoms with van der Waals surface area (Å²) in [5, 5.41) is 31.9. The Balaban J connectivity index is 0.000000863. The fourth-order valence-corrected chi connectivity index (χ4v) is 19.0. The van der Waals surface area contributed by atoms with Gasteiger partial charge in [0, 0.05) is 183 Å². The van der Waals surface area contributed by atoms with Gasteiger partial charge < -0.3 is 95.2 Å². The van der Waals surface area contributed by atoms with Crippen LogP contribution < -0.4 is 114 Å². The number of Topliss-reactive ketones (excluding diaryl/α,β-unsaturated/α-hetero) is 1. The SMILES string of the molecule is C.C1=Cc2cccnc2C1.CC(=O)O.CI.COc1cc(-c2cnc3c(c2)C(C)(C)C(=O)C3)cc(OC)c1OC.COc1cc(-c2cnc3c(c2)CC(=O)N3COCC[Si](C)(C)C)cc(OC)c1OC.COc1cc(B(O)O)cc(OC)c1OC.C[Si](C)(C)CCOCN1C(=O)C(Br)(Br)c2cc(Br)cnc21.C[Si](C)(C)CCOCN1C(=O)Cc2cc(Br)cnc21.C[Si](C)(C)CCOCn1ccc2cccnc21.O.[B-].[B]=N.[K+].[Zn]. The summed E-state index contributed by atoms with van der Waals surface area (Å²) >= 11 is 15.8. The van der Waals surface area contributed by atoms with Gasteiger partial charge in [-0.1, -0.05) is 159 Å². The van der Waals surface area contributed by atoms with Gasteiger partial charge in [-0.25, -0.2) is 19.9 Å². The zero-order chi connectivity index (χ0) is 107. The number of carboxylic acids is 1. The number of rotatable bonds is 32. The molecule has 10 heterocycles. The van der Waals surface area contributed by atoms with E-state index < -0.39 is 54.0 Å². The Hall–Kier alpha value is -6.92. The third-order valence-electron chi connectivity index (χ3n) is 22.2. The molecule has 15 rings (SSSR count). The summed E-state index contributed by atoms with van der Waals surface area (Å²) in [6.45, 7) is 37.1. The molecule has 0 bridgehead atoms. The average Bonchev–Trinajstić information content (AvgIpc) is 1.59. The zero-order valence-electron chi connectivity index (χ0n) is 89.2. The number of hydrogen-bond donors (Lipinski definition) is 4. The van der Waals surface area contributed by atoms with Gasteiger partial charge in [0.1, 0.15) is 55.8 Å². The number of pyridine rings is 6. The van der Waals surface area contributed by atoms with E-state index in [-0.39, 0.29) is 135 Å². The van der Waals surface area contributed by atoms with Crippen molar-refractivity contribution < 1.29 is 177 Å². The molecule has 5 aliphatic rings. The minimum absolute atomic E-state index is 0. The summed E-state index contributed by atoms with van der Waals surface area (Å²) in [4.78, 5) is 91.2. The smallest absolute Gasteiger partial charge is 0 e. The second kappa shape index (κ2) is 66.4. The van der Waals surface area contributed by atoms with E-state index in [1.807, 2.05) is 98.0 Å². The van der Waals surface area contributed by atoms with Gasteiger partial charge in [0.2, 0.25) is 29.1 Å². The number of allylic oxidation sites excluding steroid dienone is 1. The number of alkyl halides is 3. The topological polar surface area (TPSA) is 413 Å². The number of hydrogen-bond acceptors (Lipinski definition) is 27. The number of amides is 3. The summed E-state index contributed by atoms with van der Waals surface area (Å²) in [7, 11) is 11.7. The number of nitrogens with one attached hydrogen (secondary N) is 1. The van der Waals surface area contributed by atoms with E-state index in [9.17, 15) is 19.2 Å². The van der Waals surface area contributed by atoms with Crippen molar-refractivity contribution in [2.45, 2.75) is 172 Å². The first-order valence-corrected chi connectivity index (χ1v) is 65.8. The molecule has 5 radical (unpaired) electrons. The summed E-state index contributed by atoms with van der Waals surface area (Å²) in [6, 6.07) is 32.9. The van der Waals surface area contributed by atoms with Crippen LogP contribution in [0.3, 0.4) is 0 Å². The van der Waals surface area contributed by atoms with Crippen LogP contribution in [0.15, 0.2) is 149 Å². The van der Waals surface area contributed by atoms with Gasteiger partial charge in [-0.3, -0.25) is 48.6 Å². The number of benzene rings is 3. The maximum atomic E-state index is 12.5. The van der Waals surface area contributed by atoms with E-state index in [0.29, 0.717) is 116 Å². The van der Waals surface area contributed by atoms with Crippen LogP contribution >= 0.6 is 86.3 Å². The molecule has 795 valence electrons. The molecular formula is C101H141B3Br4IKN11O22Si4Zn. The Bertz CT molecular complexity index is 5880. The Morgan fingerprint density at radius 3 is 1.29 bits per heavy atom. The minimum atomic E-state index is -1.57. The van der Waals surface area contributed by atoms with E-state index in [1.165, 1.54) is 56.1 Å². The molecule has 3 aromatic carbocycles. The molecule has 33 nitrogen and oxygen atoms in total. The molecule has 0 atom stereocenters. The second-order valence-electron chi connectivity index (χ2n) is 38.0. The quantitative estimate of drug-likeness (QED) is 0.0132. The van der Waals surface area contributed by atoms with Gasteiger partial charge in [-0.15, -0.1) is 0 Å². The standard InChI is InChI=1S/C22H30N2O5Si.C19H21NO4.C13H17Br3N2O2Si.C13H19BrN2O2Si.C13H20N2OSi.C9H13BO5.C8H7N.C2H4O2.CH3I.CH4.BHN.B.K.H2O.Zn/c1-26-18-10-15(11-19(27-2)21(18)28-3)17-9-16-12-20(25)24(22(16)23-13-17)14-29-7-8-30(4,5)6;1-19(2)13-6-12(10-20-14(13)9-17(19)21)11-7-15(22-3)18(24-5)16(8-11)23-4;1-21(2,3)5-4-20-8-18-11-10(6-9(14)7-17-11)13(15,16)12(18)19;1-19(2,3)5-4-18-9-16-12(17)7-10-6-11(14)8-15-13(10)16;1-17(2,3)10-9-16-11-15-8-6-12-5-4-7-14-13(12)15;1-13-7-4-6(10(11)12)5-8(14-2)9(7)15-3;1-3-7-4-2-6-9-8(7)5-1;1-2(3)4;1-2;;1-2;;;;/h9-11,13H,7-8,12,14H2,1-6H3;6-8,10H,9H2,1-5H3;6-7H,4-5,8H2,1-3H3;6,8H,4-5,7,9H2,1-3H3;4-8H,9-11H2,1-3H3;4-5,11-12H,1-3H3;1-4,6H,5H2;1H3,(H,3,4);1H3;1H4;2H;;;1H2;/q;;;;;;;;;;;-1;+1;;. The first-order valence-electron chi connectivity index (χ1n) is 45.7. The van der Waals surface area contributed by atoms with Crippen LogP contribution in [0, 0.1) is 5.31 Å². The Morgan fingerprint density at radius 2 is 0.872 bits per heavy atom. The van der Waals surface area contributed by atoms with Gasteiger partial charge in [0.25, 0.3) is 11.9 Å². The van der Waals surface area contributed by atoms with Crippen LogP contribution in [0.5, 0.6) is 51.7 Å². The summed E-state index contributed by atoms with van der Waals surface area (Å²) in [5.74, 6) is 5.96. The van der Waals surface area contributed by atoms with Crippen molar-refractivity contribution >= 4 is 211 Å². The maximum Gasteiger partial charge on any atom is 1.00 e. The van der Waals surface area contributed by atoms with Crippen molar-refractivity contribution in [1.29, 1.82) is 5.31 Å². The van der Waals surface area contributed by atoms with Gasteiger partial charge in [-0.2, -0.15) is 0 Å². The number of carbonyl (C=O) groups excluding carboxylic acids is 4. The molecule has 2 aliphatic carbocycles. The number of aliphatic carboxylic acids is 1. The zero-order valence-corrected chi connectivity index (χ0v) is 108. The molecule has 0 spiro atoms. The van der Waals surface area contributed by atoms with Gasteiger partial charge in [-0.05, 0) is 187 Å². The molecule has 148 heavy (non-hydrogen) atoms. The molecule has 7 aromatic heterocycles. The van der Waals surface area contributed by atoms with Gasteiger partial charge in [0.15, 0.2) is 37.7 Å². The summed E-state index contributed by atoms with van der Waals surface area (Å²) in [5.41, 5.74) is 11.3. The maximum absolute atomic E-state index is 12.5. The summed E-state index contributed by atoms with van der Waals surface area (Å²) in [6.07, 6.45) is 19.0. The fourth-order valence-electron chi connectivity index (χ4n) is 14.2. The molecule has 0 saturated carbocycles. The van der Waals surface area contributed by atoms with Crippen LogP contribution in [-0.2, 0) is 103 Å². The summed E-state index contributed by atoms with van der Waals surface area (Å²) < 4.78 is 73.3. The van der Waals surface area contributed by atoms with E-state index in [1.54, 1.807) is 82.1 Å². The van der Waals surface area contributed by atoms with Crippen molar-refractivity contribution in [3.63, 3.8) is 0 Å². The number of nitrogens with zero attached hydrogens (tertiary/aromatic N) is 10. The number of ether oxygens (including phenoxy) is 13. The predicted molar refractivity (Wildman–Crippen MR) is 615 cm³/mol. The molecular weight excluding hydrogens is 2410 g/mol. The van der Waals surface area contributed by atoms with Crippen LogP contribution in [0.25, 0.3) is 39.4 Å². The Morgan fingerprint density at radius 1 is 0.493 bits per heavy atom. The number of anilines is 3. The Kier molecular flexibility index (Phi) is 62.4. The van der Waals surface area contributed by atoms with Crippen LogP contribution in [0.2, 0.25) is 103 Å². The molecule has 47 heteroatoms. The van der Waals surface area contributed by atoms with Gasteiger partial charge >= 0.3 is 71.5 Å². The van der Waals surface area contributed by atoms with E-state index >= 15 is 0 Å². The minimum Gasteiger partial charge on any atom is 0 e. The number of fused-ring (bicyclic) bond motifs is 6. The molecule has 3 amide bonds. The first-order chi connectivity index (χ1) is 67.6. The van der Waals surface area contributed by atoms with Crippen LogP contribution in [0.4, 0.5) is 17.5 Å². The number of carbonyl (C=O) groups is 5. The Labute approximate surface area is 982 Å². The molecule has 0 unspecified atom stereocenters. The molecule has 3 aliphatic heterocycles. The van der Waals surface area contributed by atoms with Crippen molar-refractivity contribution in [3.8, 4) is 74.0 Å².